The maximum absolute atomic E-state index is 5.89. The van der Waals surface area contributed by atoms with Gasteiger partial charge in [-0.05, 0) is 32.0 Å². The van der Waals surface area contributed by atoms with Crippen LogP contribution in [0.1, 0.15) is 13.8 Å². The number of hydrogen-bond donors (Lipinski definition) is 1. The molecule has 0 aromatic heterocycles. The van der Waals surface area contributed by atoms with E-state index in [9.17, 15) is 0 Å². The highest BCUT2D eigenvalue weighted by Crippen LogP contribution is 2.34. The Labute approximate surface area is 83.5 Å². The van der Waals surface area contributed by atoms with Gasteiger partial charge >= 0.3 is 0 Å². The Bertz CT molecular complexity index is 323. The molecule has 2 rings (SSSR count). The molecule has 0 fully saturated rings. The van der Waals surface area contributed by atoms with Crippen molar-refractivity contribution in [3.05, 3.63) is 23.2 Å². The minimum Gasteiger partial charge on any atom is -0.366 e. The van der Waals surface area contributed by atoms with Gasteiger partial charge in [0, 0.05) is 11.1 Å². The third-order valence-corrected chi connectivity index (χ3v) is 2.57. The van der Waals surface area contributed by atoms with Gasteiger partial charge in [0.1, 0.15) is 0 Å². The smallest absolute Gasteiger partial charge is 0.0880 e. The predicted molar refractivity (Wildman–Crippen MR) is 57.6 cm³/mol. The zero-order valence-electron chi connectivity index (χ0n) is 7.84. The van der Waals surface area contributed by atoms with Gasteiger partial charge in [0.05, 0.1) is 18.0 Å². The number of nitrogens with zero attached hydrogens (tertiary/aromatic N) is 1. The van der Waals surface area contributed by atoms with Crippen LogP contribution in [0.2, 0.25) is 5.02 Å². The summed E-state index contributed by atoms with van der Waals surface area (Å²) in [6, 6.07) is 6.50. The molecule has 0 saturated heterocycles. The molecule has 70 valence electrons. The van der Waals surface area contributed by atoms with Gasteiger partial charge in [0.15, 0.2) is 0 Å². The normalized spacial score (nSPS) is 14.6. The van der Waals surface area contributed by atoms with Crippen LogP contribution in [0.25, 0.3) is 0 Å². The number of halogens is 1. The molecule has 1 aliphatic heterocycles. The fraction of sp³-hybridized carbons (Fsp3) is 0.400. The summed E-state index contributed by atoms with van der Waals surface area (Å²) in [7, 11) is 0. The van der Waals surface area contributed by atoms with Gasteiger partial charge in [-0.2, -0.15) is 0 Å². The Hall–Kier alpha value is -0.890. The van der Waals surface area contributed by atoms with Crippen molar-refractivity contribution < 1.29 is 0 Å². The van der Waals surface area contributed by atoms with E-state index in [4.69, 9.17) is 11.6 Å². The van der Waals surface area contributed by atoms with E-state index in [1.165, 1.54) is 5.69 Å². The van der Waals surface area contributed by atoms with Crippen molar-refractivity contribution in [1.82, 2.24) is 0 Å². The largest absolute Gasteiger partial charge is 0.366 e. The van der Waals surface area contributed by atoms with Crippen LogP contribution in [0.5, 0.6) is 0 Å². The van der Waals surface area contributed by atoms with Gasteiger partial charge in [-0.3, -0.25) is 0 Å². The molecular formula is C10H13ClN2. The highest BCUT2D eigenvalue weighted by atomic mass is 35.5. The van der Waals surface area contributed by atoms with Gasteiger partial charge in [0.25, 0.3) is 0 Å². The molecule has 0 saturated carbocycles. The third kappa shape index (κ3) is 1.46. The molecule has 1 aliphatic rings. The van der Waals surface area contributed by atoms with Crippen LogP contribution < -0.4 is 10.2 Å². The molecule has 3 heteroatoms. The first-order valence-electron chi connectivity index (χ1n) is 4.48. The molecular weight excluding hydrogens is 184 g/mol. The Morgan fingerprint density at radius 1 is 1.46 bits per heavy atom. The van der Waals surface area contributed by atoms with E-state index in [0.29, 0.717) is 6.04 Å². The zero-order chi connectivity index (χ0) is 9.42. The molecule has 1 heterocycles. The molecule has 0 aliphatic carbocycles. The van der Waals surface area contributed by atoms with E-state index in [2.05, 4.69) is 30.1 Å². The number of hydrogen-bond acceptors (Lipinski definition) is 2. The summed E-state index contributed by atoms with van der Waals surface area (Å²) in [5.41, 5.74) is 2.39. The first-order valence-corrected chi connectivity index (χ1v) is 4.86. The van der Waals surface area contributed by atoms with Gasteiger partial charge in [-0.1, -0.05) is 11.6 Å². The van der Waals surface area contributed by atoms with Gasteiger partial charge < -0.3 is 10.2 Å². The Balaban J connectivity index is 2.38. The van der Waals surface area contributed by atoms with Crippen LogP contribution in [0, 0.1) is 0 Å². The second-order valence-corrected chi connectivity index (χ2v) is 4.00. The monoisotopic (exact) mass is 196 g/mol. The fourth-order valence-corrected chi connectivity index (χ4v) is 1.79. The van der Waals surface area contributed by atoms with Gasteiger partial charge in [0.2, 0.25) is 0 Å². The van der Waals surface area contributed by atoms with E-state index in [-0.39, 0.29) is 0 Å². The number of nitrogens with one attached hydrogen (secondary N) is 1. The lowest BCUT2D eigenvalue weighted by molar-refractivity contribution is 0.727. The highest BCUT2D eigenvalue weighted by molar-refractivity contribution is 6.31. The van der Waals surface area contributed by atoms with E-state index < -0.39 is 0 Å². The lowest BCUT2D eigenvalue weighted by Gasteiger charge is -2.22. The number of rotatable bonds is 1. The van der Waals surface area contributed by atoms with Crippen molar-refractivity contribution in [1.29, 1.82) is 0 Å². The second kappa shape index (κ2) is 3.11. The summed E-state index contributed by atoms with van der Waals surface area (Å²) in [6.45, 7) is 5.25. The van der Waals surface area contributed by atoms with Crippen molar-refractivity contribution >= 4 is 23.0 Å². The SMILES string of the molecule is CC(C)N1CNc2cc(Cl)ccc21. The minimum absolute atomic E-state index is 0.523. The Kier molecular flexibility index (Phi) is 2.08. The topological polar surface area (TPSA) is 15.3 Å². The summed E-state index contributed by atoms with van der Waals surface area (Å²) in [5, 5.41) is 4.10. The first kappa shape index (κ1) is 8.70. The number of fused-ring (bicyclic) bond motifs is 1. The van der Waals surface area contributed by atoms with Crippen molar-refractivity contribution in [2.24, 2.45) is 0 Å². The van der Waals surface area contributed by atoms with Crippen LogP contribution in [-0.2, 0) is 0 Å². The lowest BCUT2D eigenvalue weighted by Crippen LogP contribution is -2.29. The maximum atomic E-state index is 5.89. The maximum Gasteiger partial charge on any atom is 0.0880 e. The average Bonchev–Trinajstić information content (AvgIpc) is 2.46. The molecule has 13 heavy (non-hydrogen) atoms. The van der Waals surface area contributed by atoms with Gasteiger partial charge in [-0.15, -0.1) is 0 Å². The van der Waals surface area contributed by atoms with Crippen molar-refractivity contribution in [2.75, 3.05) is 16.9 Å². The summed E-state index contributed by atoms with van der Waals surface area (Å²) < 4.78 is 0. The third-order valence-electron chi connectivity index (χ3n) is 2.33. The number of benzene rings is 1. The molecule has 0 amide bonds. The Morgan fingerprint density at radius 3 is 2.92 bits per heavy atom. The fourth-order valence-electron chi connectivity index (χ4n) is 1.62. The molecule has 0 unspecified atom stereocenters. The predicted octanol–water partition coefficient (Wildman–Crippen LogP) is 2.94. The lowest BCUT2D eigenvalue weighted by atomic mass is 10.2. The highest BCUT2D eigenvalue weighted by Gasteiger charge is 2.20. The summed E-state index contributed by atoms with van der Waals surface area (Å²) in [4.78, 5) is 2.31. The molecule has 1 N–H and O–H groups in total. The summed E-state index contributed by atoms with van der Waals surface area (Å²) >= 11 is 5.89. The van der Waals surface area contributed by atoms with Crippen molar-refractivity contribution in [3.8, 4) is 0 Å². The average molecular weight is 197 g/mol. The molecule has 0 spiro atoms. The molecule has 0 bridgehead atoms. The number of anilines is 2. The second-order valence-electron chi connectivity index (χ2n) is 3.56. The van der Waals surface area contributed by atoms with Crippen LogP contribution in [0.4, 0.5) is 11.4 Å². The summed E-state index contributed by atoms with van der Waals surface area (Å²) in [6.07, 6.45) is 0. The Morgan fingerprint density at radius 2 is 2.23 bits per heavy atom. The molecule has 0 radical (unpaired) electrons. The van der Waals surface area contributed by atoms with Crippen LogP contribution in [0.15, 0.2) is 18.2 Å². The van der Waals surface area contributed by atoms with Crippen molar-refractivity contribution in [2.45, 2.75) is 19.9 Å². The van der Waals surface area contributed by atoms with E-state index in [1.807, 2.05) is 12.1 Å². The molecule has 1 aromatic carbocycles. The van der Waals surface area contributed by atoms with Crippen LogP contribution in [-0.4, -0.2) is 12.7 Å². The van der Waals surface area contributed by atoms with Crippen LogP contribution >= 0.6 is 11.6 Å². The standard InChI is InChI=1S/C10H13ClN2/c1-7(2)13-6-12-9-5-8(11)3-4-10(9)13/h3-5,7,12H,6H2,1-2H3. The van der Waals surface area contributed by atoms with Gasteiger partial charge in [-0.25, -0.2) is 0 Å². The molecule has 2 nitrogen and oxygen atoms in total. The van der Waals surface area contributed by atoms with Crippen LogP contribution in [0.3, 0.4) is 0 Å². The molecule has 1 aromatic rings. The summed E-state index contributed by atoms with van der Waals surface area (Å²) in [5.74, 6) is 0. The van der Waals surface area contributed by atoms with Crippen molar-refractivity contribution in [3.63, 3.8) is 0 Å². The molecule has 0 atom stereocenters. The van der Waals surface area contributed by atoms with E-state index in [1.54, 1.807) is 0 Å². The van der Waals surface area contributed by atoms with E-state index in [0.717, 1.165) is 17.4 Å². The zero-order valence-corrected chi connectivity index (χ0v) is 8.60. The first-order chi connectivity index (χ1) is 6.18. The minimum atomic E-state index is 0.523. The quantitative estimate of drug-likeness (QED) is 0.743. The van der Waals surface area contributed by atoms with E-state index >= 15 is 0 Å².